The first-order valence-corrected chi connectivity index (χ1v) is 10.6. The predicted molar refractivity (Wildman–Crippen MR) is 121 cm³/mol. The lowest BCUT2D eigenvalue weighted by molar-refractivity contribution is 0.262. The van der Waals surface area contributed by atoms with Crippen LogP contribution >= 0.6 is 11.8 Å². The van der Waals surface area contributed by atoms with Gasteiger partial charge < -0.3 is 10.6 Å². The van der Waals surface area contributed by atoms with Crippen molar-refractivity contribution in [3.05, 3.63) is 100 Å². The minimum atomic E-state index is -0.869. The van der Waals surface area contributed by atoms with Crippen LogP contribution in [-0.2, 0) is 5.75 Å². The monoisotopic (exact) mass is 452 g/mol. The van der Waals surface area contributed by atoms with Gasteiger partial charge in [-0.25, -0.2) is 18.6 Å². The zero-order valence-corrected chi connectivity index (χ0v) is 17.7. The maximum atomic E-state index is 13.8. The summed E-state index contributed by atoms with van der Waals surface area (Å²) >= 11 is 1.40. The number of carbonyl (C=O) groups is 1. The molecule has 9 heteroatoms. The van der Waals surface area contributed by atoms with E-state index in [0.29, 0.717) is 28.8 Å². The van der Waals surface area contributed by atoms with Crippen LogP contribution in [0.1, 0.15) is 11.3 Å². The van der Waals surface area contributed by atoms with Crippen molar-refractivity contribution >= 4 is 34.8 Å². The average Bonchev–Trinajstić information content (AvgIpc) is 2.76. The lowest BCUT2D eigenvalue weighted by Crippen LogP contribution is -2.20. The van der Waals surface area contributed by atoms with Gasteiger partial charge in [-0.1, -0.05) is 18.2 Å². The lowest BCUT2D eigenvalue weighted by Gasteiger charge is -2.12. The van der Waals surface area contributed by atoms with E-state index in [9.17, 15) is 18.4 Å². The van der Waals surface area contributed by atoms with Crippen molar-refractivity contribution in [2.75, 3.05) is 10.6 Å². The summed E-state index contributed by atoms with van der Waals surface area (Å²) in [6.45, 7) is 1.90. The molecule has 2 aromatic heterocycles. The van der Waals surface area contributed by atoms with Gasteiger partial charge in [0, 0.05) is 29.0 Å². The maximum Gasteiger partial charge on any atom is 0.323 e. The van der Waals surface area contributed by atoms with Crippen LogP contribution in [0, 0.1) is 18.6 Å². The Morgan fingerprint density at radius 3 is 2.62 bits per heavy atom. The number of benzene rings is 2. The van der Waals surface area contributed by atoms with E-state index in [4.69, 9.17) is 0 Å². The Morgan fingerprint density at radius 1 is 1.03 bits per heavy atom. The number of hydrogen-bond donors (Lipinski definition) is 2. The van der Waals surface area contributed by atoms with Crippen molar-refractivity contribution in [1.82, 2.24) is 9.38 Å². The molecule has 6 nitrogen and oxygen atoms in total. The van der Waals surface area contributed by atoms with Gasteiger partial charge in [0.25, 0.3) is 5.56 Å². The van der Waals surface area contributed by atoms with Crippen LogP contribution in [0.5, 0.6) is 0 Å². The minimum Gasteiger partial charge on any atom is -0.307 e. The number of carbonyl (C=O) groups excluding carboxylic acids is 1. The smallest absolute Gasteiger partial charge is 0.307 e. The van der Waals surface area contributed by atoms with Gasteiger partial charge >= 0.3 is 6.03 Å². The molecular weight excluding hydrogens is 434 g/mol. The number of thioether (sulfide) groups is 1. The molecule has 0 aliphatic heterocycles. The van der Waals surface area contributed by atoms with E-state index in [0.717, 1.165) is 22.6 Å². The van der Waals surface area contributed by atoms with Gasteiger partial charge in [-0.3, -0.25) is 9.20 Å². The first kappa shape index (κ1) is 21.5. The summed E-state index contributed by atoms with van der Waals surface area (Å²) in [5, 5.41) is 5.03. The van der Waals surface area contributed by atoms with Gasteiger partial charge in [0.05, 0.1) is 17.1 Å². The summed E-state index contributed by atoms with van der Waals surface area (Å²) in [7, 11) is 0. The summed E-state index contributed by atoms with van der Waals surface area (Å²) < 4.78 is 28.3. The number of aryl methyl sites for hydroxylation is 1. The molecule has 0 unspecified atom stereocenters. The fraction of sp³-hybridized carbons (Fsp3) is 0.0870. The van der Waals surface area contributed by atoms with Gasteiger partial charge in [-0.2, -0.15) is 0 Å². The average molecular weight is 452 g/mol. The Kier molecular flexibility index (Phi) is 6.18. The molecule has 0 fully saturated rings. The zero-order valence-electron chi connectivity index (χ0n) is 16.9. The molecule has 0 bridgehead atoms. The van der Waals surface area contributed by atoms with Gasteiger partial charge in [0.1, 0.15) is 17.3 Å². The van der Waals surface area contributed by atoms with E-state index >= 15 is 0 Å². The second-order valence-corrected chi connectivity index (χ2v) is 8.03. The van der Waals surface area contributed by atoms with Crippen LogP contribution in [-0.4, -0.2) is 15.4 Å². The first-order valence-electron chi connectivity index (χ1n) is 9.63. The molecule has 0 saturated carbocycles. The Balaban J connectivity index is 1.48. The van der Waals surface area contributed by atoms with Crippen molar-refractivity contribution < 1.29 is 13.6 Å². The van der Waals surface area contributed by atoms with E-state index in [-0.39, 0.29) is 11.2 Å². The van der Waals surface area contributed by atoms with Crippen LogP contribution in [0.2, 0.25) is 0 Å². The van der Waals surface area contributed by atoms with Crippen molar-refractivity contribution in [2.24, 2.45) is 0 Å². The zero-order chi connectivity index (χ0) is 22.7. The van der Waals surface area contributed by atoms with E-state index in [2.05, 4.69) is 15.6 Å². The fourth-order valence-corrected chi connectivity index (χ4v) is 3.95. The van der Waals surface area contributed by atoms with Crippen LogP contribution in [0.4, 0.5) is 25.0 Å². The van der Waals surface area contributed by atoms with Gasteiger partial charge in [0.15, 0.2) is 0 Å². The molecule has 0 aliphatic rings. The Labute approximate surface area is 186 Å². The van der Waals surface area contributed by atoms with Crippen LogP contribution < -0.4 is 16.2 Å². The number of anilines is 2. The minimum absolute atomic E-state index is 0.134. The molecular formula is C23H18F2N4O2S. The molecule has 0 radical (unpaired) electrons. The molecule has 162 valence electrons. The van der Waals surface area contributed by atoms with Crippen LogP contribution in [0.3, 0.4) is 0 Å². The number of urea groups is 1. The van der Waals surface area contributed by atoms with Crippen molar-refractivity contribution in [1.29, 1.82) is 0 Å². The number of hydrogen-bond acceptors (Lipinski definition) is 4. The summed E-state index contributed by atoms with van der Waals surface area (Å²) in [5.41, 5.74) is 2.34. The summed E-state index contributed by atoms with van der Waals surface area (Å²) in [6.07, 6.45) is 1.74. The molecule has 2 amide bonds. The van der Waals surface area contributed by atoms with E-state index in [1.54, 1.807) is 24.4 Å². The SMILES string of the molecule is Cc1ccc2nc(CSc3ccccc3NC(=O)Nc3ccc(F)cc3F)cc(=O)n2c1. The largest absolute Gasteiger partial charge is 0.323 e. The van der Waals surface area contributed by atoms with Crippen molar-refractivity contribution in [3.8, 4) is 0 Å². The van der Waals surface area contributed by atoms with Gasteiger partial charge in [0.2, 0.25) is 0 Å². The van der Waals surface area contributed by atoms with Crippen LogP contribution in [0.25, 0.3) is 5.65 Å². The number of nitrogens with zero attached hydrogens (tertiary/aromatic N) is 2. The summed E-state index contributed by atoms with van der Waals surface area (Å²) in [6, 6.07) is 14.5. The third kappa shape index (κ3) is 4.94. The number of halogens is 2. The molecule has 32 heavy (non-hydrogen) atoms. The predicted octanol–water partition coefficient (Wildman–Crippen LogP) is 5.22. The molecule has 0 aliphatic carbocycles. The number of rotatable bonds is 5. The van der Waals surface area contributed by atoms with Crippen molar-refractivity contribution in [3.63, 3.8) is 0 Å². The molecule has 0 saturated heterocycles. The van der Waals surface area contributed by atoms with Gasteiger partial charge in [-0.15, -0.1) is 11.8 Å². The fourth-order valence-electron chi connectivity index (χ4n) is 3.05. The molecule has 4 rings (SSSR count). The topological polar surface area (TPSA) is 75.5 Å². The molecule has 2 N–H and O–H groups in total. The molecule has 0 spiro atoms. The lowest BCUT2D eigenvalue weighted by atomic mass is 10.3. The number of pyridine rings is 1. The third-order valence-corrected chi connectivity index (χ3v) is 5.66. The second kappa shape index (κ2) is 9.19. The second-order valence-electron chi connectivity index (χ2n) is 7.01. The Morgan fingerprint density at radius 2 is 1.81 bits per heavy atom. The molecule has 4 aromatic rings. The standard InChI is InChI=1S/C23H18F2N4O2S/c1-14-6-9-21-26-16(11-22(30)29(21)12-14)13-32-20-5-3-2-4-19(20)28-23(31)27-18-8-7-15(24)10-17(18)25/h2-12H,13H2,1H3,(H2,27,28,31). The third-order valence-electron chi connectivity index (χ3n) is 4.55. The molecule has 2 heterocycles. The Bertz CT molecular complexity index is 1370. The van der Waals surface area contributed by atoms with E-state index < -0.39 is 17.7 Å². The number of para-hydroxylation sites is 1. The number of aromatic nitrogens is 2. The van der Waals surface area contributed by atoms with E-state index in [1.807, 2.05) is 25.1 Å². The molecule has 2 aromatic carbocycles. The van der Waals surface area contributed by atoms with Gasteiger partial charge in [-0.05, 0) is 42.8 Å². The highest BCUT2D eigenvalue weighted by Crippen LogP contribution is 2.29. The summed E-state index contributed by atoms with van der Waals surface area (Å²) in [4.78, 5) is 30.0. The highest BCUT2D eigenvalue weighted by atomic mass is 32.2. The van der Waals surface area contributed by atoms with Crippen molar-refractivity contribution in [2.45, 2.75) is 17.6 Å². The Hall–Kier alpha value is -3.72. The normalized spacial score (nSPS) is 10.8. The number of nitrogens with one attached hydrogen (secondary N) is 2. The molecule has 0 atom stereocenters. The van der Waals surface area contributed by atoms with E-state index in [1.165, 1.54) is 22.2 Å². The van der Waals surface area contributed by atoms with Crippen LogP contribution in [0.15, 0.2) is 76.6 Å². The summed E-state index contributed by atoms with van der Waals surface area (Å²) in [5.74, 6) is -1.19. The maximum absolute atomic E-state index is 13.8. The number of amides is 2. The highest BCUT2D eigenvalue weighted by molar-refractivity contribution is 7.98. The quantitative estimate of drug-likeness (QED) is 0.407. The highest BCUT2D eigenvalue weighted by Gasteiger charge is 2.11. The number of fused-ring (bicyclic) bond motifs is 1. The first-order chi connectivity index (χ1) is 15.4.